The summed E-state index contributed by atoms with van der Waals surface area (Å²) in [7, 11) is -3.33. The van der Waals surface area contributed by atoms with Gasteiger partial charge in [0.2, 0.25) is 5.56 Å². The van der Waals surface area contributed by atoms with Gasteiger partial charge in [0.15, 0.2) is 0 Å². The van der Waals surface area contributed by atoms with E-state index in [0.717, 1.165) is 12.3 Å². The lowest BCUT2D eigenvalue weighted by molar-refractivity contribution is -0.139. The van der Waals surface area contributed by atoms with Crippen LogP contribution in [0.15, 0.2) is 23.1 Å². The molecule has 0 aliphatic heterocycles. The summed E-state index contributed by atoms with van der Waals surface area (Å²) in [5.74, 6) is -2.46. The fourth-order valence-electron chi connectivity index (χ4n) is 1.42. The second-order valence-electron chi connectivity index (χ2n) is 4.22. The number of carbonyl (C=O) groups excluding carboxylic acids is 1. The zero-order valence-electron chi connectivity index (χ0n) is 10.6. The van der Waals surface area contributed by atoms with Crippen molar-refractivity contribution in [2.24, 2.45) is 0 Å². The molecule has 9 heteroatoms. The average Bonchev–Trinajstić information content (AvgIpc) is 2.32. The maximum Gasteiger partial charge on any atom is 0.326 e. The van der Waals surface area contributed by atoms with Gasteiger partial charge >= 0.3 is 5.97 Å². The van der Waals surface area contributed by atoms with E-state index in [-0.39, 0.29) is 17.7 Å². The molecular weight excluding hydrogens is 288 g/mol. The van der Waals surface area contributed by atoms with Gasteiger partial charge in [-0.2, -0.15) is 0 Å². The number of aromatic amines is 1. The van der Waals surface area contributed by atoms with E-state index in [1.54, 1.807) is 0 Å². The van der Waals surface area contributed by atoms with Crippen LogP contribution in [0.1, 0.15) is 16.8 Å². The summed E-state index contributed by atoms with van der Waals surface area (Å²) < 4.78 is 22.0. The molecule has 1 heterocycles. The van der Waals surface area contributed by atoms with E-state index in [1.807, 2.05) is 0 Å². The Balaban J connectivity index is 2.78. The molecule has 20 heavy (non-hydrogen) atoms. The summed E-state index contributed by atoms with van der Waals surface area (Å²) in [6.07, 6.45) is 1.98. The number of aromatic nitrogens is 1. The SMILES string of the molecule is CS(=O)(=O)CCC(NC(=O)c1cc[nH]c(=O)c1)C(=O)O. The molecule has 0 saturated carbocycles. The van der Waals surface area contributed by atoms with Crippen LogP contribution in [0.3, 0.4) is 0 Å². The molecule has 0 radical (unpaired) electrons. The number of hydrogen-bond donors (Lipinski definition) is 3. The van der Waals surface area contributed by atoms with E-state index < -0.39 is 33.3 Å². The Labute approximate surface area is 114 Å². The maximum absolute atomic E-state index is 11.8. The Morgan fingerprint density at radius 1 is 1.45 bits per heavy atom. The van der Waals surface area contributed by atoms with E-state index in [2.05, 4.69) is 10.3 Å². The van der Waals surface area contributed by atoms with Gasteiger partial charge in [0.25, 0.3) is 5.91 Å². The number of amides is 1. The van der Waals surface area contributed by atoms with Gasteiger partial charge in [-0.3, -0.25) is 9.59 Å². The highest BCUT2D eigenvalue weighted by Crippen LogP contribution is 2.00. The number of nitrogens with one attached hydrogen (secondary N) is 2. The van der Waals surface area contributed by atoms with E-state index in [0.29, 0.717) is 0 Å². The van der Waals surface area contributed by atoms with Crippen LogP contribution in [0.25, 0.3) is 0 Å². The molecular formula is C11H14N2O6S. The molecule has 1 unspecified atom stereocenters. The Morgan fingerprint density at radius 3 is 2.60 bits per heavy atom. The molecule has 1 aromatic heterocycles. The molecule has 1 amide bonds. The number of hydrogen-bond acceptors (Lipinski definition) is 5. The summed E-state index contributed by atoms with van der Waals surface area (Å²) >= 11 is 0. The molecule has 8 nitrogen and oxygen atoms in total. The van der Waals surface area contributed by atoms with Crippen molar-refractivity contribution in [3.8, 4) is 0 Å². The molecule has 0 aliphatic carbocycles. The third kappa shape index (κ3) is 5.22. The van der Waals surface area contributed by atoms with Gasteiger partial charge < -0.3 is 15.4 Å². The lowest BCUT2D eigenvalue weighted by atomic mass is 10.2. The van der Waals surface area contributed by atoms with E-state index in [9.17, 15) is 22.8 Å². The van der Waals surface area contributed by atoms with Crippen molar-refractivity contribution in [1.82, 2.24) is 10.3 Å². The zero-order valence-corrected chi connectivity index (χ0v) is 11.4. The van der Waals surface area contributed by atoms with Crippen molar-refractivity contribution in [3.63, 3.8) is 0 Å². The van der Waals surface area contributed by atoms with Crippen LogP contribution >= 0.6 is 0 Å². The predicted molar refractivity (Wildman–Crippen MR) is 70.3 cm³/mol. The standard InChI is InChI=1S/C11H14N2O6S/c1-20(18,19)5-3-8(11(16)17)13-10(15)7-2-4-12-9(14)6-7/h2,4,6,8H,3,5H2,1H3,(H,12,14)(H,13,15)(H,16,17). The lowest BCUT2D eigenvalue weighted by Gasteiger charge is -2.13. The lowest BCUT2D eigenvalue weighted by Crippen LogP contribution is -2.42. The molecule has 0 fully saturated rings. The van der Waals surface area contributed by atoms with Crippen molar-refractivity contribution < 1.29 is 23.1 Å². The van der Waals surface area contributed by atoms with Gasteiger partial charge in [0, 0.05) is 24.1 Å². The highest BCUT2D eigenvalue weighted by Gasteiger charge is 2.22. The quantitative estimate of drug-likeness (QED) is 0.616. The number of H-pyrrole nitrogens is 1. The fraction of sp³-hybridized carbons (Fsp3) is 0.364. The number of carboxylic acids is 1. The van der Waals surface area contributed by atoms with Crippen molar-refractivity contribution >= 4 is 21.7 Å². The first-order chi connectivity index (χ1) is 9.19. The van der Waals surface area contributed by atoms with Gasteiger partial charge in [0.1, 0.15) is 15.9 Å². The first-order valence-electron chi connectivity index (χ1n) is 5.59. The molecule has 0 saturated heterocycles. The number of carboxylic acid groups (broad SMARTS) is 1. The first kappa shape index (κ1) is 15.9. The van der Waals surface area contributed by atoms with Crippen molar-refractivity contribution in [3.05, 3.63) is 34.2 Å². The zero-order chi connectivity index (χ0) is 15.3. The Kier molecular flexibility index (Phi) is 5.03. The van der Waals surface area contributed by atoms with Crippen LogP contribution in [0.4, 0.5) is 0 Å². The smallest absolute Gasteiger partial charge is 0.326 e. The third-order valence-corrected chi connectivity index (χ3v) is 3.40. The largest absolute Gasteiger partial charge is 0.480 e. The number of carbonyl (C=O) groups is 2. The molecule has 0 aliphatic rings. The second-order valence-corrected chi connectivity index (χ2v) is 6.48. The third-order valence-electron chi connectivity index (χ3n) is 2.42. The molecule has 110 valence electrons. The summed E-state index contributed by atoms with van der Waals surface area (Å²) in [6.45, 7) is 0. The average molecular weight is 302 g/mol. The van der Waals surface area contributed by atoms with Crippen LogP contribution in [-0.4, -0.2) is 48.4 Å². The second kappa shape index (κ2) is 6.33. The highest BCUT2D eigenvalue weighted by molar-refractivity contribution is 7.90. The Morgan fingerprint density at radius 2 is 2.10 bits per heavy atom. The monoisotopic (exact) mass is 302 g/mol. The number of rotatable bonds is 6. The van der Waals surface area contributed by atoms with Crippen LogP contribution in [0, 0.1) is 0 Å². The molecule has 0 aromatic carbocycles. The summed E-state index contributed by atoms with van der Waals surface area (Å²) in [5.41, 5.74) is -0.500. The molecule has 1 atom stereocenters. The van der Waals surface area contributed by atoms with Crippen molar-refractivity contribution in [2.75, 3.05) is 12.0 Å². The predicted octanol–water partition coefficient (Wildman–Crippen LogP) is -1.01. The first-order valence-corrected chi connectivity index (χ1v) is 7.65. The van der Waals surface area contributed by atoms with Crippen LogP contribution in [0.2, 0.25) is 0 Å². The van der Waals surface area contributed by atoms with Gasteiger partial charge in [-0.1, -0.05) is 0 Å². The van der Waals surface area contributed by atoms with E-state index >= 15 is 0 Å². The summed E-state index contributed by atoms with van der Waals surface area (Å²) in [5, 5.41) is 11.1. The summed E-state index contributed by atoms with van der Waals surface area (Å²) in [6, 6.07) is 0.994. The Hall–Kier alpha value is -2.16. The Bertz CT molecular complexity index is 663. The molecule has 3 N–H and O–H groups in total. The minimum atomic E-state index is -3.33. The number of sulfone groups is 1. The van der Waals surface area contributed by atoms with Crippen LogP contribution < -0.4 is 10.9 Å². The van der Waals surface area contributed by atoms with Crippen molar-refractivity contribution in [2.45, 2.75) is 12.5 Å². The van der Waals surface area contributed by atoms with Gasteiger partial charge in [-0.15, -0.1) is 0 Å². The summed E-state index contributed by atoms with van der Waals surface area (Å²) in [4.78, 5) is 36.1. The maximum atomic E-state index is 11.8. The van der Waals surface area contributed by atoms with E-state index in [1.165, 1.54) is 12.3 Å². The van der Waals surface area contributed by atoms with Crippen LogP contribution in [0.5, 0.6) is 0 Å². The normalized spacial score (nSPS) is 12.7. The topological polar surface area (TPSA) is 133 Å². The fourth-order valence-corrected chi connectivity index (χ4v) is 2.08. The van der Waals surface area contributed by atoms with Gasteiger partial charge in [-0.05, 0) is 12.5 Å². The van der Waals surface area contributed by atoms with Gasteiger partial charge in [0.05, 0.1) is 5.75 Å². The highest BCUT2D eigenvalue weighted by atomic mass is 32.2. The minimum absolute atomic E-state index is 0.000597. The van der Waals surface area contributed by atoms with E-state index in [4.69, 9.17) is 5.11 Å². The molecule has 0 bridgehead atoms. The van der Waals surface area contributed by atoms with Gasteiger partial charge in [-0.25, -0.2) is 13.2 Å². The minimum Gasteiger partial charge on any atom is -0.480 e. The van der Waals surface area contributed by atoms with Crippen molar-refractivity contribution in [1.29, 1.82) is 0 Å². The number of pyridine rings is 1. The molecule has 0 spiro atoms. The molecule has 1 rings (SSSR count). The molecule has 1 aromatic rings. The number of aliphatic carboxylic acids is 1. The van der Waals surface area contributed by atoms with Crippen LogP contribution in [-0.2, 0) is 14.6 Å².